The van der Waals surface area contributed by atoms with Gasteiger partial charge in [-0.05, 0) is 24.3 Å². The summed E-state index contributed by atoms with van der Waals surface area (Å²) in [4.78, 5) is 8.37. The zero-order valence-electron chi connectivity index (χ0n) is 7.37. The van der Waals surface area contributed by atoms with E-state index >= 15 is 0 Å². The van der Waals surface area contributed by atoms with Crippen LogP contribution in [0.15, 0.2) is 48.8 Å². The summed E-state index contributed by atoms with van der Waals surface area (Å²) in [5.41, 5.74) is 1.83. The summed E-state index contributed by atoms with van der Waals surface area (Å²) >= 11 is 0. The molecular formula is C10H10N2ORu. The Hall–Kier alpha value is -1.12. The van der Waals surface area contributed by atoms with Crippen LogP contribution in [-0.4, -0.2) is 15.4 Å². The number of aromatic nitrogens is 2. The number of hydrogen-bond acceptors (Lipinski definition) is 2. The SMILES string of the molecule is O.[Ru].c1ccc(-c2ccccn2)nc1. The van der Waals surface area contributed by atoms with Gasteiger partial charge < -0.3 is 5.48 Å². The minimum absolute atomic E-state index is 0. The van der Waals surface area contributed by atoms with Crippen LogP contribution in [0.4, 0.5) is 0 Å². The average molecular weight is 275 g/mol. The third-order valence-corrected chi connectivity index (χ3v) is 1.59. The van der Waals surface area contributed by atoms with Crippen molar-refractivity contribution in [3.63, 3.8) is 0 Å². The van der Waals surface area contributed by atoms with Crippen LogP contribution in [0.3, 0.4) is 0 Å². The summed E-state index contributed by atoms with van der Waals surface area (Å²) < 4.78 is 0. The van der Waals surface area contributed by atoms with Gasteiger partial charge in [0, 0.05) is 31.9 Å². The van der Waals surface area contributed by atoms with Crippen molar-refractivity contribution in [2.75, 3.05) is 0 Å². The molecule has 74 valence electrons. The number of hydrogen-bond donors (Lipinski definition) is 0. The molecule has 0 saturated heterocycles. The van der Waals surface area contributed by atoms with E-state index in [1.54, 1.807) is 12.4 Å². The monoisotopic (exact) mass is 276 g/mol. The van der Waals surface area contributed by atoms with E-state index in [1.165, 1.54) is 0 Å². The molecule has 0 radical (unpaired) electrons. The molecule has 2 aromatic rings. The predicted octanol–water partition coefficient (Wildman–Crippen LogP) is 1.32. The Morgan fingerprint density at radius 1 is 0.714 bits per heavy atom. The number of pyridine rings is 2. The molecule has 0 aliphatic heterocycles. The van der Waals surface area contributed by atoms with E-state index in [4.69, 9.17) is 0 Å². The molecule has 0 atom stereocenters. The zero-order chi connectivity index (χ0) is 8.23. The van der Waals surface area contributed by atoms with Gasteiger partial charge in [0.2, 0.25) is 0 Å². The molecule has 2 rings (SSSR count). The minimum atomic E-state index is 0. The largest absolute Gasteiger partial charge is 0.412 e. The molecule has 2 N–H and O–H groups in total. The summed E-state index contributed by atoms with van der Waals surface area (Å²) in [7, 11) is 0. The average Bonchev–Trinajstić information content (AvgIpc) is 2.21. The molecular weight excluding hydrogens is 265 g/mol. The molecule has 0 unspecified atom stereocenters. The van der Waals surface area contributed by atoms with Crippen molar-refractivity contribution >= 4 is 0 Å². The summed E-state index contributed by atoms with van der Waals surface area (Å²) in [6.45, 7) is 0. The van der Waals surface area contributed by atoms with E-state index in [9.17, 15) is 0 Å². The summed E-state index contributed by atoms with van der Waals surface area (Å²) in [5, 5.41) is 0. The van der Waals surface area contributed by atoms with Crippen molar-refractivity contribution in [2.24, 2.45) is 0 Å². The first-order valence-corrected chi connectivity index (χ1v) is 3.79. The maximum Gasteiger partial charge on any atom is 0.0886 e. The third kappa shape index (κ3) is 2.98. The second-order valence-corrected chi connectivity index (χ2v) is 2.43. The Bertz CT molecular complexity index is 316. The molecule has 3 nitrogen and oxygen atoms in total. The maximum atomic E-state index is 4.19. The molecule has 4 heteroatoms. The summed E-state index contributed by atoms with van der Waals surface area (Å²) in [6.07, 6.45) is 3.54. The topological polar surface area (TPSA) is 57.3 Å². The van der Waals surface area contributed by atoms with Crippen LogP contribution in [0.1, 0.15) is 0 Å². The molecule has 0 aliphatic rings. The van der Waals surface area contributed by atoms with Gasteiger partial charge in [-0.3, -0.25) is 9.97 Å². The Morgan fingerprint density at radius 3 is 1.43 bits per heavy atom. The molecule has 14 heavy (non-hydrogen) atoms. The first-order chi connectivity index (χ1) is 5.97. The molecule has 0 aliphatic carbocycles. The van der Waals surface area contributed by atoms with Gasteiger partial charge in [-0.1, -0.05) is 12.1 Å². The minimum Gasteiger partial charge on any atom is -0.412 e. The smallest absolute Gasteiger partial charge is 0.0886 e. The van der Waals surface area contributed by atoms with Crippen molar-refractivity contribution in [2.45, 2.75) is 0 Å². The van der Waals surface area contributed by atoms with Gasteiger partial charge in [0.25, 0.3) is 0 Å². The third-order valence-electron chi connectivity index (χ3n) is 1.59. The van der Waals surface area contributed by atoms with Gasteiger partial charge in [-0.15, -0.1) is 0 Å². The second-order valence-electron chi connectivity index (χ2n) is 2.43. The normalized spacial score (nSPS) is 8.29. The molecule has 0 amide bonds. The van der Waals surface area contributed by atoms with Crippen LogP contribution in [-0.2, 0) is 19.5 Å². The molecule has 2 aromatic heterocycles. The fraction of sp³-hybridized carbons (Fsp3) is 0. The molecule has 0 saturated carbocycles. The van der Waals surface area contributed by atoms with Crippen molar-refractivity contribution < 1.29 is 25.0 Å². The van der Waals surface area contributed by atoms with Crippen LogP contribution in [0.2, 0.25) is 0 Å². The maximum absolute atomic E-state index is 4.19. The molecule has 2 heterocycles. The van der Waals surface area contributed by atoms with Crippen LogP contribution in [0.25, 0.3) is 11.4 Å². The Labute approximate surface area is 95.3 Å². The molecule has 0 spiro atoms. The van der Waals surface area contributed by atoms with E-state index in [-0.39, 0.29) is 25.0 Å². The number of rotatable bonds is 1. The van der Waals surface area contributed by atoms with Crippen molar-refractivity contribution in [1.82, 2.24) is 9.97 Å². The Balaban J connectivity index is 0.000000845. The van der Waals surface area contributed by atoms with Crippen molar-refractivity contribution in [1.29, 1.82) is 0 Å². The van der Waals surface area contributed by atoms with Gasteiger partial charge in [-0.2, -0.15) is 0 Å². The fourth-order valence-corrected chi connectivity index (χ4v) is 1.03. The summed E-state index contributed by atoms with van der Waals surface area (Å²) in [5.74, 6) is 0. The quantitative estimate of drug-likeness (QED) is 0.737. The van der Waals surface area contributed by atoms with Gasteiger partial charge >= 0.3 is 0 Å². The molecule has 0 fully saturated rings. The fourth-order valence-electron chi connectivity index (χ4n) is 1.03. The standard InChI is InChI=1S/C10H8N2.H2O.Ru/c1-3-7-11-9(5-1)10-6-2-4-8-12-10;;/h1-8H;1H2;. The van der Waals surface area contributed by atoms with Gasteiger partial charge in [0.05, 0.1) is 11.4 Å². The van der Waals surface area contributed by atoms with Crippen molar-refractivity contribution in [3.8, 4) is 11.4 Å². The van der Waals surface area contributed by atoms with E-state index in [0.29, 0.717) is 0 Å². The van der Waals surface area contributed by atoms with E-state index < -0.39 is 0 Å². The van der Waals surface area contributed by atoms with Crippen molar-refractivity contribution in [3.05, 3.63) is 48.8 Å². The van der Waals surface area contributed by atoms with Gasteiger partial charge in [0.1, 0.15) is 0 Å². The summed E-state index contributed by atoms with van der Waals surface area (Å²) in [6, 6.07) is 11.6. The second kappa shape index (κ2) is 6.35. The van der Waals surface area contributed by atoms with Gasteiger partial charge in [-0.25, -0.2) is 0 Å². The zero-order valence-corrected chi connectivity index (χ0v) is 9.10. The van der Waals surface area contributed by atoms with Crippen LogP contribution in [0.5, 0.6) is 0 Å². The van der Waals surface area contributed by atoms with E-state index in [0.717, 1.165) is 11.4 Å². The predicted molar refractivity (Wildman–Crippen MR) is 51.1 cm³/mol. The first kappa shape index (κ1) is 12.9. The van der Waals surface area contributed by atoms with Crippen LogP contribution in [0, 0.1) is 0 Å². The van der Waals surface area contributed by atoms with Crippen LogP contribution >= 0.6 is 0 Å². The van der Waals surface area contributed by atoms with E-state index in [1.807, 2.05) is 36.4 Å². The Morgan fingerprint density at radius 2 is 1.14 bits per heavy atom. The van der Waals surface area contributed by atoms with Gasteiger partial charge in [0.15, 0.2) is 0 Å². The number of nitrogens with zero attached hydrogens (tertiary/aromatic N) is 2. The Kier molecular flexibility index (Phi) is 5.85. The van der Waals surface area contributed by atoms with E-state index in [2.05, 4.69) is 9.97 Å². The molecule has 0 bridgehead atoms. The van der Waals surface area contributed by atoms with Crippen LogP contribution < -0.4 is 0 Å². The molecule has 0 aromatic carbocycles. The first-order valence-electron chi connectivity index (χ1n) is 3.79.